The summed E-state index contributed by atoms with van der Waals surface area (Å²) in [6.45, 7) is 0. The maximum atomic E-state index is 5.53. The molecule has 0 N–H and O–H groups in total. The molecule has 0 bridgehead atoms. The Kier molecular flexibility index (Phi) is 3.20. The van der Waals surface area contributed by atoms with Crippen molar-refractivity contribution in [1.29, 1.82) is 0 Å². The fraction of sp³-hybridized carbons (Fsp3) is 0. The van der Waals surface area contributed by atoms with E-state index in [0.717, 1.165) is 14.8 Å². The summed E-state index contributed by atoms with van der Waals surface area (Å²) in [6, 6.07) is 7.65. The van der Waals surface area contributed by atoms with Crippen LogP contribution < -0.4 is 4.74 Å². The molecule has 0 aliphatic heterocycles. The van der Waals surface area contributed by atoms with Gasteiger partial charge >= 0.3 is 0 Å². The highest BCUT2D eigenvalue weighted by molar-refractivity contribution is 9.10. The number of rotatable bonds is 2. The third-order valence-corrected chi connectivity index (χ3v) is 3.38. The summed E-state index contributed by atoms with van der Waals surface area (Å²) in [5, 5.41) is 2.52. The molecule has 2 rings (SSSR count). The summed E-state index contributed by atoms with van der Waals surface area (Å²) in [7, 11) is 0. The lowest BCUT2D eigenvalue weighted by Crippen LogP contribution is -1.82. The summed E-state index contributed by atoms with van der Waals surface area (Å²) in [6.07, 6.45) is 0. The normalized spacial score (nSPS) is 10.1. The van der Waals surface area contributed by atoms with E-state index in [2.05, 4.69) is 36.8 Å². The molecule has 5 heteroatoms. The van der Waals surface area contributed by atoms with E-state index in [1.54, 1.807) is 0 Å². The fourth-order valence-electron chi connectivity index (χ4n) is 0.917. The minimum absolute atomic E-state index is 0.634. The van der Waals surface area contributed by atoms with Crippen molar-refractivity contribution in [3.05, 3.63) is 38.7 Å². The fourth-order valence-corrected chi connectivity index (χ4v) is 2.40. The first-order valence-electron chi connectivity index (χ1n) is 3.78. The Morgan fingerprint density at radius 3 is 2.79 bits per heavy atom. The van der Waals surface area contributed by atoms with E-state index in [-0.39, 0.29) is 0 Å². The monoisotopic (exact) mass is 333 g/mol. The average Bonchev–Trinajstić information content (AvgIpc) is 2.51. The molecule has 0 saturated carbocycles. The van der Waals surface area contributed by atoms with Crippen LogP contribution >= 0.6 is 43.2 Å². The lowest BCUT2D eigenvalue weighted by atomic mass is 10.3. The van der Waals surface area contributed by atoms with Gasteiger partial charge in [-0.3, -0.25) is 0 Å². The summed E-state index contributed by atoms with van der Waals surface area (Å²) >= 11 is 8.10. The zero-order valence-electron chi connectivity index (χ0n) is 6.91. The van der Waals surface area contributed by atoms with Gasteiger partial charge in [-0.2, -0.15) is 4.98 Å². The maximum Gasteiger partial charge on any atom is 0.279 e. The van der Waals surface area contributed by atoms with Crippen LogP contribution in [0.25, 0.3) is 0 Å². The molecule has 0 atom stereocenters. The van der Waals surface area contributed by atoms with Crippen LogP contribution in [0.1, 0.15) is 0 Å². The second kappa shape index (κ2) is 4.42. The number of nitrogens with zero attached hydrogens (tertiary/aromatic N) is 1. The molecule has 0 saturated heterocycles. The van der Waals surface area contributed by atoms with Crippen molar-refractivity contribution < 1.29 is 4.74 Å². The molecule has 0 fully saturated rings. The Labute approximate surface area is 102 Å². The number of thiazole rings is 1. The van der Waals surface area contributed by atoms with Crippen LogP contribution in [0, 0.1) is 0 Å². The minimum atomic E-state index is 0.634. The van der Waals surface area contributed by atoms with Gasteiger partial charge in [0.2, 0.25) is 0 Å². The zero-order valence-corrected chi connectivity index (χ0v) is 10.9. The SMILES string of the molecule is Brc1cccc(Oc2nc(Br)cs2)c1. The van der Waals surface area contributed by atoms with Gasteiger partial charge in [0.25, 0.3) is 5.19 Å². The molecule has 2 nitrogen and oxygen atoms in total. The van der Waals surface area contributed by atoms with Crippen LogP contribution in [-0.4, -0.2) is 4.98 Å². The van der Waals surface area contributed by atoms with Gasteiger partial charge in [-0.05, 0) is 34.1 Å². The summed E-state index contributed by atoms with van der Waals surface area (Å²) in [4.78, 5) is 4.13. The molecule has 1 heterocycles. The Morgan fingerprint density at radius 2 is 2.14 bits per heavy atom. The lowest BCUT2D eigenvalue weighted by molar-refractivity contribution is 0.478. The molecular formula is C9H5Br2NOS. The van der Waals surface area contributed by atoms with Crippen molar-refractivity contribution in [2.45, 2.75) is 0 Å². The van der Waals surface area contributed by atoms with Gasteiger partial charge in [0.05, 0.1) is 0 Å². The molecule has 14 heavy (non-hydrogen) atoms. The van der Waals surface area contributed by atoms with Gasteiger partial charge in [-0.25, -0.2) is 0 Å². The molecule has 0 spiro atoms. The van der Waals surface area contributed by atoms with Gasteiger partial charge in [0.15, 0.2) is 0 Å². The number of benzene rings is 1. The minimum Gasteiger partial charge on any atom is -0.431 e. The molecular weight excluding hydrogens is 330 g/mol. The molecule has 1 aromatic carbocycles. The Morgan fingerprint density at radius 1 is 1.29 bits per heavy atom. The smallest absolute Gasteiger partial charge is 0.279 e. The Balaban J connectivity index is 2.18. The van der Waals surface area contributed by atoms with Crippen LogP contribution in [-0.2, 0) is 0 Å². The second-order valence-corrected chi connectivity index (χ2v) is 5.04. The van der Waals surface area contributed by atoms with E-state index in [9.17, 15) is 0 Å². The van der Waals surface area contributed by atoms with E-state index in [4.69, 9.17) is 4.74 Å². The standard InChI is InChI=1S/C9H5Br2NOS/c10-6-2-1-3-7(4-6)13-9-12-8(11)5-14-9/h1-5H. The van der Waals surface area contributed by atoms with Gasteiger partial charge in [-0.15, -0.1) is 0 Å². The van der Waals surface area contributed by atoms with Gasteiger partial charge in [-0.1, -0.05) is 33.3 Å². The first kappa shape index (κ1) is 10.1. The summed E-state index contributed by atoms with van der Waals surface area (Å²) in [5.74, 6) is 0.779. The van der Waals surface area contributed by atoms with Crippen LogP contribution in [0.15, 0.2) is 38.7 Å². The molecule has 2 aromatic rings. The van der Waals surface area contributed by atoms with E-state index in [1.807, 2.05) is 29.6 Å². The molecule has 0 radical (unpaired) electrons. The van der Waals surface area contributed by atoms with Gasteiger partial charge in [0.1, 0.15) is 10.4 Å². The van der Waals surface area contributed by atoms with Crippen molar-refractivity contribution in [3.8, 4) is 10.9 Å². The molecule has 1 aromatic heterocycles. The predicted octanol–water partition coefficient (Wildman–Crippen LogP) is 4.46. The molecule has 0 aliphatic carbocycles. The highest BCUT2D eigenvalue weighted by Crippen LogP contribution is 2.28. The van der Waals surface area contributed by atoms with Crippen molar-refractivity contribution in [2.24, 2.45) is 0 Å². The number of hydrogen-bond acceptors (Lipinski definition) is 3. The first-order valence-corrected chi connectivity index (χ1v) is 6.25. The first-order chi connectivity index (χ1) is 6.74. The van der Waals surface area contributed by atoms with Crippen LogP contribution in [0.5, 0.6) is 10.9 Å². The Bertz CT molecular complexity index is 444. The number of hydrogen-bond donors (Lipinski definition) is 0. The largest absolute Gasteiger partial charge is 0.431 e. The van der Waals surface area contributed by atoms with Crippen molar-refractivity contribution >= 4 is 43.2 Å². The van der Waals surface area contributed by atoms with Crippen molar-refractivity contribution in [1.82, 2.24) is 4.98 Å². The van der Waals surface area contributed by atoms with Crippen LogP contribution in [0.3, 0.4) is 0 Å². The number of aromatic nitrogens is 1. The van der Waals surface area contributed by atoms with Crippen molar-refractivity contribution in [2.75, 3.05) is 0 Å². The van der Waals surface area contributed by atoms with Gasteiger partial charge in [0, 0.05) is 9.85 Å². The van der Waals surface area contributed by atoms with Crippen LogP contribution in [0.2, 0.25) is 0 Å². The zero-order chi connectivity index (χ0) is 9.97. The van der Waals surface area contributed by atoms with Crippen LogP contribution in [0.4, 0.5) is 0 Å². The lowest BCUT2D eigenvalue weighted by Gasteiger charge is -2.00. The topological polar surface area (TPSA) is 22.1 Å². The average molecular weight is 335 g/mol. The molecule has 72 valence electrons. The summed E-state index contributed by atoms with van der Waals surface area (Å²) in [5.41, 5.74) is 0. The summed E-state index contributed by atoms with van der Waals surface area (Å²) < 4.78 is 7.32. The van der Waals surface area contributed by atoms with E-state index in [1.165, 1.54) is 11.3 Å². The van der Waals surface area contributed by atoms with E-state index < -0.39 is 0 Å². The Hall–Kier alpha value is -0.390. The van der Waals surface area contributed by atoms with E-state index >= 15 is 0 Å². The number of halogens is 2. The molecule has 0 aliphatic rings. The third-order valence-electron chi connectivity index (χ3n) is 1.46. The molecule has 0 amide bonds. The van der Waals surface area contributed by atoms with Gasteiger partial charge < -0.3 is 4.74 Å². The number of ether oxygens (including phenoxy) is 1. The predicted molar refractivity (Wildman–Crippen MR) is 64.0 cm³/mol. The van der Waals surface area contributed by atoms with E-state index in [0.29, 0.717) is 5.19 Å². The maximum absolute atomic E-state index is 5.53. The third kappa shape index (κ3) is 2.56. The highest BCUT2D eigenvalue weighted by Gasteiger charge is 2.02. The highest BCUT2D eigenvalue weighted by atomic mass is 79.9. The second-order valence-electron chi connectivity index (χ2n) is 2.50. The quantitative estimate of drug-likeness (QED) is 0.808. The molecule has 0 unspecified atom stereocenters. The van der Waals surface area contributed by atoms with Crippen molar-refractivity contribution in [3.63, 3.8) is 0 Å².